The molecule has 26 heavy (non-hydrogen) atoms. The van der Waals surface area contributed by atoms with Crippen LogP contribution in [-0.2, 0) is 0 Å². The standard InChI is InChI=1S/C19H28N2O5/c1-2-3-4-5-7-12-15-13-16(22)19(21(25)26)17(18(15)20(23)24)14-10-8-6-9-11-14/h6,8-11,15-19,22H,2-5,7,12-13H2,1H3/t15-,16-,17-,18-,19-/m1/s1. The number of rotatable bonds is 9. The smallest absolute Gasteiger partial charge is 0.251 e. The molecule has 0 saturated heterocycles. The van der Waals surface area contributed by atoms with E-state index >= 15 is 0 Å². The molecule has 1 aromatic carbocycles. The average molecular weight is 364 g/mol. The van der Waals surface area contributed by atoms with Gasteiger partial charge < -0.3 is 5.11 Å². The second kappa shape index (κ2) is 9.62. The minimum Gasteiger partial charge on any atom is -0.386 e. The Morgan fingerprint density at radius 2 is 1.62 bits per heavy atom. The second-order valence-corrected chi connectivity index (χ2v) is 7.25. The first-order valence-electron chi connectivity index (χ1n) is 9.47. The van der Waals surface area contributed by atoms with E-state index in [4.69, 9.17) is 0 Å². The lowest BCUT2D eigenvalue weighted by atomic mass is 9.68. The zero-order valence-corrected chi connectivity index (χ0v) is 15.2. The van der Waals surface area contributed by atoms with Gasteiger partial charge in [0.2, 0.25) is 6.04 Å². The summed E-state index contributed by atoms with van der Waals surface area (Å²) in [6, 6.07) is 6.22. The average Bonchev–Trinajstić information content (AvgIpc) is 2.61. The fourth-order valence-corrected chi connectivity index (χ4v) is 4.27. The van der Waals surface area contributed by atoms with Crippen LogP contribution in [0.2, 0.25) is 0 Å². The van der Waals surface area contributed by atoms with Gasteiger partial charge in [0, 0.05) is 15.8 Å². The van der Waals surface area contributed by atoms with E-state index in [0.29, 0.717) is 12.0 Å². The summed E-state index contributed by atoms with van der Waals surface area (Å²) in [4.78, 5) is 22.5. The fourth-order valence-electron chi connectivity index (χ4n) is 4.27. The molecule has 7 heteroatoms. The summed E-state index contributed by atoms with van der Waals surface area (Å²) >= 11 is 0. The van der Waals surface area contributed by atoms with Gasteiger partial charge in [-0.25, -0.2) is 0 Å². The first kappa shape index (κ1) is 20.3. The summed E-state index contributed by atoms with van der Waals surface area (Å²) in [5, 5.41) is 33.9. The summed E-state index contributed by atoms with van der Waals surface area (Å²) < 4.78 is 0. The maximum atomic E-state index is 11.9. The molecule has 0 unspecified atom stereocenters. The molecule has 1 N–H and O–H groups in total. The first-order valence-corrected chi connectivity index (χ1v) is 9.47. The van der Waals surface area contributed by atoms with Crippen LogP contribution in [0.4, 0.5) is 0 Å². The Hall–Kier alpha value is -2.02. The van der Waals surface area contributed by atoms with Crippen molar-refractivity contribution in [3.63, 3.8) is 0 Å². The van der Waals surface area contributed by atoms with Crippen LogP contribution in [0.3, 0.4) is 0 Å². The first-order chi connectivity index (χ1) is 12.5. The molecule has 1 fully saturated rings. The number of hydrogen-bond acceptors (Lipinski definition) is 5. The largest absolute Gasteiger partial charge is 0.386 e. The Labute approximate surface area is 153 Å². The molecule has 0 heterocycles. The molecule has 5 atom stereocenters. The van der Waals surface area contributed by atoms with Crippen molar-refractivity contribution in [2.45, 2.75) is 76.0 Å². The van der Waals surface area contributed by atoms with Crippen LogP contribution in [0.5, 0.6) is 0 Å². The van der Waals surface area contributed by atoms with E-state index in [-0.39, 0.29) is 17.3 Å². The van der Waals surface area contributed by atoms with Gasteiger partial charge in [0.25, 0.3) is 6.04 Å². The van der Waals surface area contributed by atoms with Crippen molar-refractivity contribution < 1.29 is 15.0 Å². The van der Waals surface area contributed by atoms with Gasteiger partial charge in [-0.2, -0.15) is 0 Å². The third-order valence-corrected chi connectivity index (χ3v) is 5.51. The summed E-state index contributed by atoms with van der Waals surface area (Å²) in [6.07, 6.45) is 4.80. The lowest BCUT2D eigenvalue weighted by molar-refractivity contribution is -0.588. The van der Waals surface area contributed by atoms with Crippen LogP contribution < -0.4 is 0 Å². The Morgan fingerprint density at radius 3 is 2.19 bits per heavy atom. The fraction of sp³-hybridized carbons (Fsp3) is 0.684. The third-order valence-electron chi connectivity index (χ3n) is 5.51. The SMILES string of the molecule is CCCCCCC[C@@H]1C[C@@H](O)[C@@H]([N+](=O)[O-])[C@H](c2ccccc2)[C@@H]1[N+](=O)[O-]. The summed E-state index contributed by atoms with van der Waals surface area (Å²) in [5.74, 6) is -1.26. The van der Waals surface area contributed by atoms with Crippen molar-refractivity contribution in [3.05, 3.63) is 56.1 Å². The topological polar surface area (TPSA) is 107 Å². The quantitative estimate of drug-likeness (QED) is 0.407. The van der Waals surface area contributed by atoms with Gasteiger partial charge in [-0.1, -0.05) is 69.4 Å². The Bertz CT molecular complexity index is 595. The molecule has 0 bridgehead atoms. The van der Waals surface area contributed by atoms with Crippen molar-refractivity contribution in [1.29, 1.82) is 0 Å². The van der Waals surface area contributed by atoms with Crippen molar-refractivity contribution in [1.82, 2.24) is 0 Å². The molecule has 0 radical (unpaired) electrons. The second-order valence-electron chi connectivity index (χ2n) is 7.25. The molecule has 0 aromatic heterocycles. The van der Waals surface area contributed by atoms with Crippen LogP contribution in [-0.4, -0.2) is 33.1 Å². The Morgan fingerprint density at radius 1 is 1.00 bits per heavy atom. The highest BCUT2D eigenvalue weighted by Crippen LogP contribution is 2.41. The van der Waals surface area contributed by atoms with E-state index in [1.165, 1.54) is 0 Å². The molecule has 144 valence electrons. The number of hydrogen-bond donors (Lipinski definition) is 1. The summed E-state index contributed by atoms with van der Waals surface area (Å²) in [7, 11) is 0. The van der Waals surface area contributed by atoms with Crippen molar-refractivity contribution >= 4 is 0 Å². The van der Waals surface area contributed by atoms with Gasteiger partial charge in [0.1, 0.15) is 12.0 Å². The zero-order chi connectivity index (χ0) is 19.1. The Balaban J connectivity index is 2.25. The van der Waals surface area contributed by atoms with E-state index in [0.717, 1.165) is 32.1 Å². The molecule has 1 aromatic rings. The number of aliphatic hydroxyl groups is 1. The minimum atomic E-state index is -1.34. The molecule has 7 nitrogen and oxygen atoms in total. The van der Waals surface area contributed by atoms with E-state index in [1.54, 1.807) is 30.3 Å². The van der Waals surface area contributed by atoms with Crippen LogP contribution in [0.1, 0.15) is 63.4 Å². The van der Waals surface area contributed by atoms with Gasteiger partial charge >= 0.3 is 0 Å². The van der Waals surface area contributed by atoms with Crippen LogP contribution in [0, 0.1) is 26.1 Å². The summed E-state index contributed by atoms with van der Waals surface area (Å²) in [5.41, 5.74) is 0.561. The van der Waals surface area contributed by atoms with Gasteiger partial charge in [-0.3, -0.25) is 20.2 Å². The molecule has 0 spiro atoms. The molecule has 1 aliphatic rings. The maximum Gasteiger partial charge on any atom is 0.251 e. The molecular weight excluding hydrogens is 336 g/mol. The highest BCUT2D eigenvalue weighted by Gasteiger charge is 2.56. The van der Waals surface area contributed by atoms with Crippen molar-refractivity contribution in [2.24, 2.45) is 5.92 Å². The van der Waals surface area contributed by atoms with Gasteiger partial charge in [-0.05, 0) is 18.4 Å². The normalized spacial score (nSPS) is 28.6. The van der Waals surface area contributed by atoms with E-state index < -0.39 is 29.0 Å². The zero-order valence-electron chi connectivity index (χ0n) is 15.2. The number of aliphatic hydroxyl groups excluding tert-OH is 1. The minimum absolute atomic E-state index is 0.119. The molecule has 1 saturated carbocycles. The Kier molecular flexibility index (Phi) is 7.50. The van der Waals surface area contributed by atoms with Crippen LogP contribution in [0.25, 0.3) is 0 Å². The number of unbranched alkanes of at least 4 members (excludes halogenated alkanes) is 4. The van der Waals surface area contributed by atoms with Crippen molar-refractivity contribution in [3.8, 4) is 0 Å². The molecular formula is C19H28N2O5. The number of benzene rings is 1. The predicted molar refractivity (Wildman–Crippen MR) is 98.2 cm³/mol. The molecule has 0 aliphatic heterocycles. The van der Waals surface area contributed by atoms with Crippen LogP contribution in [0.15, 0.2) is 30.3 Å². The lowest BCUT2D eigenvalue weighted by Gasteiger charge is -2.37. The van der Waals surface area contributed by atoms with Crippen LogP contribution >= 0.6 is 0 Å². The highest BCUT2D eigenvalue weighted by atomic mass is 16.6. The molecule has 0 amide bonds. The number of nitrogens with zero attached hydrogens (tertiary/aromatic N) is 2. The van der Waals surface area contributed by atoms with E-state index in [1.807, 2.05) is 0 Å². The monoisotopic (exact) mass is 364 g/mol. The maximum absolute atomic E-state index is 11.9. The lowest BCUT2D eigenvalue weighted by Crippen LogP contribution is -2.54. The predicted octanol–water partition coefficient (Wildman–Crippen LogP) is 3.80. The van der Waals surface area contributed by atoms with Gasteiger partial charge in [0.15, 0.2) is 0 Å². The third kappa shape index (κ3) is 4.78. The number of nitro groups is 2. The van der Waals surface area contributed by atoms with Gasteiger partial charge in [-0.15, -0.1) is 0 Å². The van der Waals surface area contributed by atoms with E-state index in [2.05, 4.69) is 6.92 Å². The van der Waals surface area contributed by atoms with Crippen molar-refractivity contribution in [2.75, 3.05) is 0 Å². The molecule has 2 rings (SSSR count). The van der Waals surface area contributed by atoms with Gasteiger partial charge in [0.05, 0.1) is 0 Å². The van der Waals surface area contributed by atoms with E-state index in [9.17, 15) is 25.3 Å². The summed E-state index contributed by atoms with van der Waals surface area (Å²) in [6.45, 7) is 2.13. The molecule has 1 aliphatic carbocycles. The highest BCUT2D eigenvalue weighted by molar-refractivity contribution is 5.24.